The number of carbonyl (C=O) groups excluding carboxylic acids is 1. The van der Waals surface area contributed by atoms with Crippen LogP contribution in [0.1, 0.15) is 37.3 Å². The van der Waals surface area contributed by atoms with Crippen molar-refractivity contribution in [3.8, 4) is 5.75 Å². The minimum atomic E-state index is -0.148. The molecule has 3 rings (SSSR count). The first-order valence-electron chi connectivity index (χ1n) is 7.54. The summed E-state index contributed by atoms with van der Waals surface area (Å²) >= 11 is 0. The molecule has 1 aliphatic carbocycles. The summed E-state index contributed by atoms with van der Waals surface area (Å²) in [5, 5.41) is 5.97. The Morgan fingerprint density at radius 3 is 2.95 bits per heavy atom. The largest absolute Gasteiger partial charge is 0.493 e. The molecule has 0 saturated heterocycles. The highest BCUT2D eigenvalue weighted by Crippen LogP contribution is 2.34. The molecule has 0 radical (unpaired) electrons. The molecule has 1 fully saturated rings. The van der Waals surface area contributed by atoms with E-state index < -0.39 is 0 Å². The highest BCUT2D eigenvalue weighted by atomic mass is 16.5. The van der Waals surface area contributed by atoms with E-state index in [0.29, 0.717) is 13.2 Å². The van der Waals surface area contributed by atoms with E-state index in [0.717, 1.165) is 30.6 Å². The van der Waals surface area contributed by atoms with Gasteiger partial charge in [0.2, 0.25) is 0 Å². The van der Waals surface area contributed by atoms with E-state index in [1.807, 2.05) is 24.3 Å². The zero-order valence-electron chi connectivity index (χ0n) is 12.4. The quantitative estimate of drug-likeness (QED) is 0.895. The number of carbonyl (C=O) groups is 1. The fraction of sp³-hybridized carbons (Fsp3) is 0.562. The molecular formula is C16H22N2O3. The number of fused-ring (bicyclic) bond motifs is 1. The first-order valence-corrected chi connectivity index (χ1v) is 7.54. The van der Waals surface area contributed by atoms with Gasteiger partial charge in [-0.15, -0.1) is 0 Å². The van der Waals surface area contributed by atoms with Crippen molar-refractivity contribution in [3.05, 3.63) is 29.8 Å². The summed E-state index contributed by atoms with van der Waals surface area (Å²) < 4.78 is 11.1. The van der Waals surface area contributed by atoms with E-state index in [9.17, 15) is 4.79 Å². The van der Waals surface area contributed by atoms with Crippen LogP contribution in [0.25, 0.3) is 0 Å². The molecule has 1 saturated carbocycles. The fourth-order valence-corrected chi connectivity index (χ4v) is 2.97. The summed E-state index contributed by atoms with van der Waals surface area (Å²) in [6.07, 6.45) is 4.00. The van der Waals surface area contributed by atoms with Crippen LogP contribution in [-0.4, -0.2) is 31.9 Å². The van der Waals surface area contributed by atoms with Gasteiger partial charge in [0, 0.05) is 25.6 Å². The van der Waals surface area contributed by atoms with Crippen LogP contribution in [0.3, 0.4) is 0 Å². The number of amides is 2. The molecule has 5 nitrogen and oxygen atoms in total. The molecule has 2 N–H and O–H groups in total. The standard InChI is InChI=1S/C16H22N2O3/c1-20-16(8-4-9-16)11-17-15(19)18-13-7-10-21-14-6-3-2-5-12(13)14/h2-3,5-6,13H,4,7-11H2,1H3,(H2,17,18,19)/t13-/m0/s1. The Kier molecular flexibility index (Phi) is 4.01. The third-order valence-corrected chi connectivity index (χ3v) is 4.53. The monoisotopic (exact) mass is 290 g/mol. The number of methoxy groups -OCH3 is 1. The molecule has 5 heteroatoms. The van der Waals surface area contributed by atoms with Crippen LogP contribution in [-0.2, 0) is 4.74 Å². The third-order valence-electron chi connectivity index (χ3n) is 4.53. The van der Waals surface area contributed by atoms with Crippen LogP contribution in [0.2, 0.25) is 0 Å². The zero-order chi connectivity index (χ0) is 14.7. The number of hydrogen-bond acceptors (Lipinski definition) is 3. The molecular weight excluding hydrogens is 268 g/mol. The molecule has 1 aromatic carbocycles. The lowest BCUT2D eigenvalue weighted by Gasteiger charge is -2.40. The van der Waals surface area contributed by atoms with Gasteiger partial charge in [0.15, 0.2) is 0 Å². The number of benzene rings is 1. The van der Waals surface area contributed by atoms with Crippen LogP contribution < -0.4 is 15.4 Å². The Labute approximate surface area is 125 Å². The predicted molar refractivity (Wildman–Crippen MR) is 79.4 cm³/mol. The average molecular weight is 290 g/mol. The minimum Gasteiger partial charge on any atom is -0.493 e. The molecule has 21 heavy (non-hydrogen) atoms. The van der Waals surface area contributed by atoms with Gasteiger partial charge >= 0.3 is 6.03 Å². The van der Waals surface area contributed by atoms with Crippen molar-refractivity contribution in [2.24, 2.45) is 0 Å². The maximum absolute atomic E-state index is 12.1. The van der Waals surface area contributed by atoms with Gasteiger partial charge < -0.3 is 20.1 Å². The molecule has 1 atom stereocenters. The van der Waals surface area contributed by atoms with Crippen LogP contribution in [0.4, 0.5) is 4.79 Å². The van der Waals surface area contributed by atoms with E-state index in [2.05, 4.69) is 10.6 Å². The number of rotatable bonds is 4. The van der Waals surface area contributed by atoms with Gasteiger partial charge in [-0.2, -0.15) is 0 Å². The van der Waals surface area contributed by atoms with Crippen molar-refractivity contribution < 1.29 is 14.3 Å². The van der Waals surface area contributed by atoms with Gasteiger partial charge in [-0.25, -0.2) is 4.79 Å². The second kappa shape index (κ2) is 5.93. The number of para-hydroxylation sites is 1. The maximum Gasteiger partial charge on any atom is 0.315 e. The van der Waals surface area contributed by atoms with Gasteiger partial charge in [0.1, 0.15) is 5.75 Å². The molecule has 1 aromatic rings. The van der Waals surface area contributed by atoms with Crippen molar-refractivity contribution in [3.63, 3.8) is 0 Å². The van der Waals surface area contributed by atoms with Gasteiger partial charge in [-0.3, -0.25) is 0 Å². The van der Waals surface area contributed by atoms with E-state index >= 15 is 0 Å². The Morgan fingerprint density at radius 2 is 2.24 bits per heavy atom. The summed E-state index contributed by atoms with van der Waals surface area (Å²) in [4.78, 5) is 12.1. The lowest BCUT2D eigenvalue weighted by atomic mass is 9.80. The Morgan fingerprint density at radius 1 is 1.43 bits per heavy atom. The average Bonchev–Trinajstić information content (AvgIpc) is 2.47. The molecule has 2 aliphatic rings. The lowest BCUT2D eigenvalue weighted by molar-refractivity contribution is -0.0674. The summed E-state index contributed by atoms with van der Waals surface area (Å²) in [6.45, 7) is 1.20. The maximum atomic E-state index is 12.1. The number of urea groups is 1. The number of nitrogens with one attached hydrogen (secondary N) is 2. The Bertz CT molecular complexity index is 508. The summed E-state index contributed by atoms with van der Waals surface area (Å²) in [5.74, 6) is 0.862. The molecule has 2 amide bonds. The highest BCUT2D eigenvalue weighted by Gasteiger charge is 2.37. The third kappa shape index (κ3) is 2.97. The van der Waals surface area contributed by atoms with Gasteiger partial charge in [0.25, 0.3) is 0 Å². The first kappa shape index (κ1) is 14.2. The van der Waals surface area contributed by atoms with Crippen LogP contribution in [0.5, 0.6) is 5.75 Å². The van der Waals surface area contributed by atoms with E-state index in [1.54, 1.807) is 7.11 Å². The second-order valence-corrected chi connectivity index (χ2v) is 5.80. The van der Waals surface area contributed by atoms with Crippen LogP contribution >= 0.6 is 0 Å². The predicted octanol–water partition coefficient (Wildman–Crippen LogP) is 2.38. The normalized spacial score (nSPS) is 22.4. The molecule has 1 aliphatic heterocycles. The fourth-order valence-electron chi connectivity index (χ4n) is 2.97. The molecule has 114 valence electrons. The Hall–Kier alpha value is -1.75. The van der Waals surface area contributed by atoms with Crippen LogP contribution in [0.15, 0.2) is 24.3 Å². The minimum absolute atomic E-state index is 0.00911. The van der Waals surface area contributed by atoms with E-state index in [1.165, 1.54) is 6.42 Å². The summed E-state index contributed by atoms with van der Waals surface area (Å²) in [5.41, 5.74) is 0.897. The van der Waals surface area contributed by atoms with Crippen molar-refractivity contribution in [1.29, 1.82) is 0 Å². The molecule has 0 unspecified atom stereocenters. The summed E-state index contributed by atoms with van der Waals surface area (Å²) in [6, 6.07) is 7.72. The van der Waals surface area contributed by atoms with Crippen molar-refractivity contribution in [2.45, 2.75) is 37.3 Å². The highest BCUT2D eigenvalue weighted by molar-refractivity contribution is 5.74. The lowest BCUT2D eigenvalue weighted by Crippen LogP contribution is -2.51. The number of ether oxygens (including phenoxy) is 2. The zero-order valence-corrected chi connectivity index (χ0v) is 12.4. The first-order chi connectivity index (χ1) is 10.2. The van der Waals surface area contributed by atoms with E-state index in [-0.39, 0.29) is 17.7 Å². The summed E-state index contributed by atoms with van der Waals surface area (Å²) in [7, 11) is 1.72. The van der Waals surface area contributed by atoms with Crippen molar-refractivity contribution in [2.75, 3.05) is 20.3 Å². The molecule has 1 heterocycles. The SMILES string of the molecule is COC1(CNC(=O)N[C@H]2CCOc3ccccc32)CCC1. The van der Waals surface area contributed by atoms with Crippen LogP contribution in [0, 0.1) is 0 Å². The smallest absolute Gasteiger partial charge is 0.315 e. The molecule has 0 aromatic heterocycles. The molecule has 0 bridgehead atoms. The molecule has 0 spiro atoms. The van der Waals surface area contributed by atoms with Gasteiger partial charge in [-0.05, 0) is 25.3 Å². The van der Waals surface area contributed by atoms with Crippen molar-refractivity contribution in [1.82, 2.24) is 10.6 Å². The second-order valence-electron chi connectivity index (χ2n) is 5.80. The van der Waals surface area contributed by atoms with Crippen molar-refractivity contribution >= 4 is 6.03 Å². The van der Waals surface area contributed by atoms with Gasteiger partial charge in [0.05, 0.1) is 18.2 Å². The van der Waals surface area contributed by atoms with Gasteiger partial charge in [-0.1, -0.05) is 18.2 Å². The topological polar surface area (TPSA) is 59.6 Å². The Balaban J connectivity index is 1.56. The van der Waals surface area contributed by atoms with E-state index in [4.69, 9.17) is 9.47 Å². The number of hydrogen-bond donors (Lipinski definition) is 2.